The molecule has 136 valence electrons. The highest BCUT2D eigenvalue weighted by Crippen LogP contribution is 2.32. The Bertz CT molecular complexity index is 834. The molecule has 7 nitrogen and oxygen atoms in total. The van der Waals surface area contributed by atoms with Gasteiger partial charge in [-0.2, -0.15) is 0 Å². The van der Waals surface area contributed by atoms with Crippen molar-refractivity contribution in [3.05, 3.63) is 53.6 Å². The molecule has 0 radical (unpaired) electrons. The highest BCUT2D eigenvalue weighted by atomic mass is 16.7. The van der Waals surface area contributed by atoms with Crippen molar-refractivity contribution >= 4 is 17.5 Å². The molecule has 2 aromatic carbocycles. The predicted octanol–water partition coefficient (Wildman–Crippen LogP) is 3.86. The van der Waals surface area contributed by atoms with E-state index in [1.807, 2.05) is 37.3 Å². The maximum absolute atomic E-state index is 11.4. The van der Waals surface area contributed by atoms with Crippen molar-refractivity contribution < 1.29 is 24.2 Å². The number of oxime groups is 1. The Morgan fingerprint density at radius 2 is 2.00 bits per heavy atom. The predicted molar refractivity (Wildman–Crippen MR) is 97.1 cm³/mol. The molecule has 0 saturated carbocycles. The van der Waals surface area contributed by atoms with Crippen molar-refractivity contribution in [1.82, 2.24) is 0 Å². The molecule has 1 aliphatic rings. The number of anilines is 1. The largest absolute Gasteiger partial charge is 0.465 e. The van der Waals surface area contributed by atoms with Crippen LogP contribution < -0.4 is 14.4 Å². The molecule has 0 atom stereocenters. The summed E-state index contributed by atoms with van der Waals surface area (Å²) in [6, 6.07) is 12.8. The van der Waals surface area contributed by atoms with E-state index in [9.17, 15) is 9.90 Å². The van der Waals surface area contributed by atoms with Crippen molar-refractivity contribution in [3.8, 4) is 11.5 Å². The fourth-order valence-electron chi connectivity index (χ4n) is 2.68. The quantitative estimate of drug-likeness (QED) is 0.628. The second-order valence-corrected chi connectivity index (χ2v) is 5.67. The first-order valence-electron chi connectivity index (χ1n) is 8.25. The lowest BCUT2D eigenvalue weighted by Gasteiger charge is -2.20. The van der Waals surface area contributed by atoms with Crippen LogP contribution in [0, 0.1) is 0 Å². The van der Waals surface area contributed by atoms with Crippen LogP contribution in [-0.4, -0.2) is 30.2 Å². The summed E-state index contributed by atoms with van der Waals surface area (Å²) in [6.45, 7) is 4.36. The van der Waals surface area contributed by atoms with E-state index >= 15 is 0 Å². The summed E-state index contributed by atoms with van der Waals surface area (Å²) in [6.07, 6.45) is -1.00. The number of hydrogen-bond donors (Lipinski definition) is 1. The van der Waals surface area contributed by atoms with Crippen LogP contribution in [0.3, 0.4) is 0 Å². The van der Waals surface area contributed by atoms with Gasteiger partial charge in [-0.3, -0.25) is 4.90 Å². The molecule has 0 unspecified atom stereocenters. The molecule has 0 bridgehead atoms. The third kappa shape index (κ3) is 3.72. The molecular formula is C19H20N2O5. The van der Waals surface area contributed by atoms with Crippen molar-refractivity contribution in [2.45, 2.75) is 20.5 Å². The lowest BCUT2D eigenvalue weighted by molar-refractivity contribution is 0.130. The number of benzene rings is 2. The first kappa shape index (κ1) is 17.6. The van der Waals surface area contributed by atoms with Crippen LogP contribution in [0.15, 0.2) is 47.6 Å². The minimum atomic E-state index is -1.00. The number of rotatable bonds is 6. The monoisotopic (exact) mass is 356 g/mol. The summed E-state index contributed by atoms with van der Waals surface area (Å²) in [7, 11) is 0. The molecule has 0 spiro atoms. The molecule has 26 heavy (non-hydrogen) atoms. The zero-order chi connectivity index (χ0) is 18.5. The third-order valence-electron chi connectivity index (χ3n) is 4.04. The Morgan fingerprint density at radius 3 is 2.77 bits per heavy atom. The zero-order valence-electron chi connectivity index (χ0n) is 14.6. The highest BCUT2D eigenvalue weighted by molar-refractivity contribution is 5.98. The molecule has 1 amide bonds. The van der Waals surface area contributed by atoms with Gasteiger partial charge in [0.1, 0.15) is 6.61 Å². The lowest BCUT2D eigenvalue weighted by atomic mass is 10.1. The molecule has 0 fully saturated rings. The van der Waals surface area contributed by atoms with Crippen molar-refractivity contribution in [2.24, 2.45) is 5.16 Å². The van der Waals surface area contributed by atoms with Gasteiger partial charge >= 0.3 is 6.09 Å². The molecule has 0 saturated heterocycles. The number of carbonyl (C=O) groups is 1. The Kier molecular flexibility index (Phi) is 5.26. The SMILES string of the molecule is CCN(C(=O)O)c1ccccc1CON=C(C)c1ccc2c(c1)OCO2. The van der Waals surface area contributed by atoms with Gasteiger partial charge in [0.2, 0.25) is 6.79 Å². The Balaban J connectivity index is 1.71. The van der Waals surface area contributed by atoms with Gasteiger partial charge in [0.25, 0.3) is 0 Å². The summed E-state index contributed by atoms with van der Waals surface area (Å²) in [4.78, 5) is 18.1. The molecule has 0 aliphatic carbocycles. The number of carboxylic acid groups (broad SMARTS) is 1. The van der Waals surface area contributed by atoms with Crippen LogP contribution in [0.2, 0.25) is 0 Å². The average molecular weight is 356 g/mol. The smallest absolute Gasteiger partial charge is 0.411 e. The van der Waals surface area contributed by atoms with Gasteiger partial charge in [-0.1, -0.05) is 23.4 Å². The zero-order valence-corrected chi connectivity index (χ0v) is 14.6. The van der Waals surface area contributed by atoms with Crippen LogP contribution in [0.4, 0.5) is 10.5 Å². The number of hydrogen-bond acceptors (Lipinski definition) is 5. The van der Waals surface area contributed by atoms with E-state index in [4.69, 9.17) is 14.3 Å². The van der Waals surface area contributed by atoms with E-state index in [0.717, 1.165) is 11.1 Å². The van der Waals surface area contributed by atoms with E-state index in [2.05, 4.69) is 5.16 Å². The van der Waals surface area contributed by atoms with Crippen LogP contribution >= 0.6 is 0 Å². The van der Waals surface area contributed by atoms with Crippen molar-refractivity contribution in [1.29, 1.82) is 0 Å². The van der Waals surface area contributed by atoms with Gasteiger partial charge < -0.3 is 19.4 Å². The average Bonchev–Trinajstić information content (AvgIpc) is 3.11. The number of ether oxygens (including phenoxy) is 2. The van der Waals surface area contributed by atoms with Crippen LogP contribution in [0.1, 0.15) is 25.0 Å². The summed E-state index contributed by atoms with van der Waals surface area (Å²) >= 11 is 0. The second kappa shape index (κ2) is 7.77. The molecule has 1 heterocycles. The van der Waals surface area contributed by atoms with E-state index in [-0.39, 0.29) is 13.4 Å². The normalized spacial score (nSPS) is 12.8. The van der Waals surface area contributed by atoms with E-state index in [1.165, 1.54) is 4.90 Å². The fourth-order valence-corrected chi connectivity index (χ4v) is 2.68. The van der Waals surface area contributed by atoms with E-state index < -0.39 is 6.09 Å². The number of nitrogens with zero attached hydrogens (tertiary/aromatic N) is 2. The Morgan fingerprint density at radius 1 is 1.23 bits per heavy atom. The Labute approximate surface area is 151 Å². The minimum Gasteiger partial charge on any atom is -0.465 e. The summed E-state index contributed by atoms with van der Waals surface area (Å²) in [5, 5.41) is 13.5. The van der Waals surface area contributed by atoms with E-state index in [0.29, 0.717) is 29.4 Å². The Hall–Kier alpha value is -3.22. The molecule has 0 aromatic heterocycles. The maximum Gasteiger partial charge on any atom is 0.411 e. The standard InChI is InChI=1S/C19H20N2O5/c1-3-21(19(22)23)16-7-5-4-6-15(16)11-26-20-13(2)14-8-9-17-18(10-14)25-12-24-17/h4-10H,3,11-12H2,1-2H3,(H,22,23). The molecule has 1 N–H and O–H groups in total. The third-order valence-corrected chi connectivity index (χ3v) is 4.04. The second-order valence-electron chi connectivity index (χ2n) is 5.67. The van der Waals surface area contributed by atoms with Gasteiger partial charge in [0, 0.05) is 17.7 Å². The fraction of sp³-hybridized carbons (Fsp3) is 0.263. The molecule has 3 rings (SSSR count). The highest BCUT2D eigenvalue weighted by Gasteiger charge is 2.16. The van der Waals surface area contributed by atoms with Crippen LogP contribution in [-0.2, 0) is 11.4 Å². The molecule has 1 aliphatic heterocycles. The van der Waals surface area contributed by atoms with Crippen LogP contribution in [0.25, 0.3) is 0 Å². The molecule has 2 aromatic rings. The minimum absolute atomic E-state index is 0.168. The molecular weight excluding hydrogens is 336 g/mol. The van der Waals surface area contributed by atoms with Gasteiger partial charge in [0.15, 0.2) is 11.5 Å². The summed E-state index contributed by atoms with van der Waals surface area (Å²) < 4.78 is 10.7. The van der Waals surface area contributed by atoms with Gasteiger partial charge in [-0.15, -0.1) is 0 Å². The number of amides is 1. The van der Waals surface area contributed by atoms with Crippen molar-refractivity contribution in [2.75, 3.05) is 18.2 Å². The lowest BCUT2D eigenvalue weighted by Crippen LogP contribution is -2.29. The topological polar surface area (TPSA) is 80.6 Å². The first-order valence-corrected chi connectivity index (χ1v) is 8.25. The van der Waals surface area contributed by atoms with Gasteiger partial charge in [-0.05, 0) is 38.1 Å². The van der Waals surface area contributed by atoms with E-state index in [1.54, 1.807) is 19.1 Å². The molecule has 7 heteroatoms. The number of fused-ring (bicyclic) bond motifs is 1. The maximum atomic E-state index is 11.4. The van der Waals surface area contributed by atoms with Crippen LogP contribution in [0.5, 0.6) is 11.5 Å². The van der Waals surface area contributed by atoms with Gasteiger partial charge in [-0.25, -0.2) is 4.79 Å². The first-order chi connectivity index (χ1) is 12.6. The summed E-state index contributed by atoms with van der Waals surface area (Å²) in [5.74, 6) is 1.40. The van der Waals surface area contributed by atoms with Crippen molar-refractivity contribution in [3.63, 3.8) is 0 Å². The van der Waals surface area contributed by atoms with Gasteiger partial charge in [0.05, 0.1) is 11.4 Å². The number of para-hydroxylation sites is 1. The summed E-state index contributed by atoms with van der Waals surface area (Å²) in [5.41, 5.74) is 2.90.